The second-order valence-electron chi connectivity index (χ2n) is 4.33. The third-order valence-corrected chi connectivity index (χ3v) is 2.79. The number of hydrogen-bond acceptors (Lipinski definition) is 7. The molecule has 1 aliphatic heterocycles. The molecule has 0 bridgehead atoms. The summed E-state index contributed by atoms with van der Waals surface area (Å²) in [4.78, 5) is 21.4. The molecule has 0 saturated carbocycles. The van der Waals surface area contributed by atoms with Crippen LogP contribution < -0.4 is 10.2 Å². The Morgan fingerprint density at radius 1 is 1.45 bits per heavy atom. The highest BCUT2D eigenvalue weighted by Gasteiger charge is 2.23. The maximum absolute atomic E-state index is 11.5. The molecule has 7 heteroatoms. The minimum Gasteiger partial charge on any atom is -0.490 e. The van der Waals surface area contributed by atoms with E-state index in [4.69, 9.17) is 14.3 Å². The molecule has 0 amide bonds. The largest absolute Gasteiger partial charge is 0.490 e. The second kappa shape index (κ2) is 8.04. The number of carbonyl (C=O) groups is 1. The van der Waals surface area contributed by atoms with Crippen LogP contribution in [-0.2, 0) is 19.2 Å². The number of hydrogen-bond donors (Lipinski definition) is 1. The van der Waals surface area contributed by atoms with E-state index >= 15 is 0 Å². The lowest BCUT2D eigenvalue weighted by molar-refractivity contribution is -0.140. The number of nitrogens with zero attached hydrogens (tertiary/aromatic N) is 1. The molecular weight excluding hydrogens is 288 g/mol. The summed E-state index contributed by atoms with van der Waals surface area (Å²) in [6, 6.07) is 7.39. The van der Waals surface area contributed by atoms with Crippen molar-refractivity contribution in [2.45, 2.75) is 13.0 Å². The molecule has 22 heavy (non-hydrogen) atoms. The second-order valence-corrected chi connectivity index (χ2v) is 4.33. The number of carbonyl (C=O) groups excluding carboxylic acids is 1. The molecule has 0 aliphatic carbocycles. The Labute approximate surface area is 128 Å². The SMILES string of the molecule is CCOC(=O)C1=CC(COc2ccccc2C=NOC)ON1. The van der Waals surface area contributed by atoms with Gasteiger partial charge in [-0.2, -0.15) is 0 Å². The summed E-state index contributed by atoms with van der Waals surface area (Å²) < 4.78 is 10.6. The van der Waals surface area contributed by atoms with E-state index in [1.54, 1.807) is 19.2 Å². The molecular formula is C15H18N2O5. The van der Waals surface area contributed by atoms with Gasteiger partial charge in [0.05, 0.1) is 12.8 Å². The van der Waals surface area contributed by atoms with Gasteiger partial charge in [0.2, 0.25) is 0 Å². The summed E-state index contributed by atoms with van der Waals surface area (Å²) in [5, 5.41) is 3.72. The average Bonchev–Trinajstić information content (AvgIpc) is 3.01. The van der Waals surface area contributed by atoms with E-state index in [0.717, 1.165) is 5.56 Å². The van der Waals surface area contributed by atoms with Crippen molar-refractivity contribution in [3.8, 4) is 5.75 Å². The van der Waals surface area contributed by atoms with E-state index in [9.17, 15) is 4.79 Å². The van der Waals surface area contributed by atoms with Gasteiger partial charge < -0.3 is 14.3 Å². The molecule has 0 fully saturated rings. The Morgan fingerprint density at radius 3 is 3.05 bits per heavy atom. The molecule has 1 atom stereocenters. The van der Waals surface area contributed by atoms with E-state index < -0.39 is 5.97 Å². The lowest BCUT2D eigenvalue weighted by Crippen LogP contribution is -2.21. The van der Waals surface area contributed by atoms with Crippen molar-refractivity contribution in [3.63, 3.8) is 0 Å². The van der Waals surface area contributed by atoms with Crippen LogP contribution in [-0.4, -0.2) is 38.6 Å². The fraction of sp³-hybridized carbons (Fsp3) is 0.333. The van der Waals surface area contributed by atoms with Crippen LogP contribution in [0.5, 0.6) is 5.75 Å². The maximum Gasteiger partial charge on any atom is 0.356 e. The summed E-state index contributed by atoms with van der Waals surface area (Å²) in [7, 11) is 1.47. The predicted molar refractivity (Wildman–Crippen MR) is 79.3 cm³/mol. The van der Waals surface area contributed by atoms with Crippen LogP contribution in [0.2, 0.25) is 0 Å². The van der Waals surface area contributed by atoms with Crippen LogP contribution in [0.3, 0.4) is 0 Å². The smallest absolute Gasteiger partial charge is 0.356 e. The molecule has 0 radical (unpaired) electrons. The summed E-state index contributed by atoms with van der Waals surface area (Å²) in [6.07, 6.45) is 2.80. The number of hydroxylamine groups is 1. The number of ether oxygens (including phenoxy) is 2. The minimum absolute atomic E-state index is 0.244. The topological polar surface area (TPSA) is 78.4 Å². The van der Waals surface area contributed by atoms with E-state index in [1.165, 1.54) is 7.11 Å². The monoisotopic (exact) mass is 306 g/mol. The van der Waals surface area contributed by atoms with Crippen molar-refractivity contribution in [2.24, 2.45) is 5.16 Å². The molecule has 2 rings (SSSR count). The highest BCUT2D eigenvalue weighted by molar-refractivity contribution is 5.88. The van der Waals surface area contributed by atoms with Crippen molar-refractivity contribution in [1.82, 2.24) is 5.48 Å². The highest BCUT2D eigenvalue weighted by atomic mass is 16.7. The van der Waals surface area contributed by atoms with Crippen molar-refractivity contribution in [3.05, 3.63) is 41.6 Å². The van der Waals surface area contributed by atoms with Gasteiger partial charge >= 0.3 is 5.97 Å². The lowest BCUT2D eigenvalue weighted by Gasteiger charge is -2.11. The van der Waals surface area contributed by atoms with Crippen LogP contribution in [0, 0.1) is 0 Å². The first-order chi connectivity index (χ1) is 10.7. The summed E-state index contributed by atoms with van der Waals surface area (Å²) in [6.45, 7) is 2.30. The molecule has 1 aromatic rings. The molecule has 1 heterocycles. The van der Waals surface area contributed by atoms with Gasteiger partial charge in [0.1, 0.15) is 31.3 Å². The van der Waals surface area contributed by atoms with Gasteiger partial charge in [-0.3, -0.25) is 10.3 Å². The van der Waals surface area contributed by atoms with Crippen LogP contribution in [0.1, 0.15) is 12.5 Å². The van der Waals surface area contributed by atoms with Gasteiger partial charge in [-0.15, -0.1) is 0 Å². The number of oxime groups is 1. The Morgan fingerprint density at radius 2 is 2.27 bits per heavy atom. The molecule has 0 aromatic heterocycles. The minimum atomic E-state index is -0.447. The Bertz CT molecular complexity index is 571. The van der Waals surface area contributed by atoms with Gasteiger partial charge in [0.15, 0.2) is 0 Å². The van der Waals surface area contributed by atoms with Crippen molar-refractivity contribution in [1.29, 1.82) is 0 Å². The van der Waals surface area contributed by atoms with Crippen molar-refractivity contribution in [2.75, 3.05) is 20.3 Å². The van der Waals surface area contributed by atoms with E-state index in [0.29, 0.717) is 12.4 Å². The highest BCUT2D eigenvalue weighted by Crippen LogP contribution is 2.18. The first kappa shape index (κ1) is 15.8. The number of para-hydroxylation sites is 1. The van der Waals surface area contributed by atoms with Crippen LogP contribution in [0.4, 0.5) is 0 Å². The van der Waals surface area contributed by atoms with Crippen molar-refractivity contribution < 1.29 is 23.9 Å². The van der Waals surface area contributed by atoms with Crippen molar-refractivity contribution >= 4 is 12.2 Å². The number of rotatable bonds is 7. The quantitative estimate of drug-likeness (QED) is 0.466. The standard InChI is InChI=1S/C15H18N2O5/c1-3-20-15(18)13-8-12(22-17-13)10-21-14-7-5-4-6-11(14)9-16-19-2/h4-9,12,17H,3,10H2,1-2H3. The zero-order valence-corrected chi connectivity index (χ0v) is 12.4. The van der Waals surface area contributed by atoms with Gasteiger partial charge in [-0.05, 0) is 25.1 Å². The fourth-order valence-electron chi connectivity index (χ4n) is 1.79. The van der Waals surface area contributed by atoms with E-state index in [2.05, 4.69) is 15.5 Å². The summed E-state index contributed by atoms with van der Waals surface area (Å²) in [5.41, 5.74) is 3.60. The number of benzene rings is 1. The van der Waals surface area contributed by atoms with E-state index in [1.807, 2.05) is 24.3 Å². The normalized spacial score (nSPS) is 17.0. The van der Waals surface area contributed by atoms with Crippen LogP contribution in [0.25, 0.3) is 0 Å². The Hall–Kier alpha value is -2.54. The molecule has 7 nitrogen and oxygen atoms in total. The first-order valence-corrected chi connectivity index (χ1v) is 6.83. The fourth-order valence-corrected chi connectivity index (χ4v) is 1.79. The van der Waals surface area contributed by atoms with Crippen LogP contribution in [0.15, 0.2) is 41.2 Å². The van der Waals surface area contributed by atoms with E-state index in [-0.39, 0.29) is 18.4 Å². The van der Waals surface area contributed by atoms with Gasteiger partial charge in [-0.1, -0.05) is 17.3 Å². The van der Waals surface area contributed by atoms with Gasteiger partial charge in [0, 0.05) is 5.56 Å². The zero-order valence-electron chi connectivity index (χ0n) is 12.4. The maximum atomic E-state index is 11.5. The predicted octanol–water partition coefficient (Wildman–Crippen LogP) is 1.40. The molecule has 0 saturated heterocycles. The zero-order chi connectivity index (χ0) is 15.8. The van der Waals surface area contributed by atoms with Gasteiger partial charge in [-0.25, -0.2) is 4.79 Å². The number of esters is 1. The molecule has 1 N–H and O–H groups in total. The molecule has 1 aromatic carbocycles. The number of nitrogens with one attached hydrogen (secondary N) is 1. The average molecular weight is 306 g/mol. The third-order valence-electron chi connectivity index (χ3n) is 2.79. The lowest BCUT2D eigenvalue weighted by atomic mass is 10.2. The summed E-state index contributed by atoms with van der Waals surface area (Å²) >= 11 is 0. The third kappa shape index (κ3) is 4.23. The van der Waals surface area contributed by atoms with Crippen LogP contribution >= 0.6 is 0 Å². The van der Waals surface area contributed by atoms with Gasteiger partial charge in [0.25, 0.3) is 0 Å². The Kier molecular flexibility index (Phi) is 5.79. The summed E-state index contributed by atoms with van der Waals surface area (Å²) in [5.74, 6) is 0.197. The Balaban J connectivity index is 1.94. The molecule has 1 aliphatic rings. The molecule has 1 unspecified atom stereocenters. The molecule has 118 valence electrons. The molecule has 0 spiro atoms. The first-order valence-electron chi connectivity index (χ1n) is 6.83.